The second-order valence-corrected chi connectivity index (χ2v) is 11.4. The Morgan fingerprint density at radius 1 is 0.810 bits per heavy atom. The zero-order valence-electron chi connectivity index (χ0n) is 26.7. The van der Waals surface area contributed by atoms with Crippen LogP contribution in [0.2, 0.25) is 0 Å². The summed E-state index contributed by atoms with van der Waals surface area (Å²) in [4.78, 5) is 39.8. The summed E-state index contributed by atoms with van der Waals surface area (Å²) >= 11 is 0. The fraction of sp³-hybridized carbons (Fsp3) is 0.900. The van der Waals surface area contributed by atoms with Crippen LogP contribution in [0, 0.1) is 0 Å². The molecule has 0 aromatic rings. The minimum Gasteiger partial charge on any atom is -0.394 e. The van der Waals surface area contributed by atoms with E-state index in [1.807, 2.05) is 4.90 Å². The quantitative estimate of drug-likeness (QED) is 0.219. The van der Waals surface area contributed by atoms with Gasteiger partial charge in [-0.3, -0.25) is 29.1 Å². The number of ether oxygens (including phenoxy) is 3. The lowest BCUT2D eigenvalue weighted by Crippen LogP contribution is -2.47. The van der Waals surface area contributed by atoms with Crippen LogP contribution in [-0.4, -0.2) is 164 Å². The third-order valence-electron chi connectivity index (χ3n) is 8.21. The van der Waals surface area contributed by atoms with E-state index in [2.05, 4.69) is 9.80 Å². The van der Waals surface area contributed by atoms with E-state index in [0.29, 0.717) is 19.8 Å². The number of ketones is 3. The Hall–Kier alpha value is -1.35. The van der Waals surface area contributed by atoms with Gasteiger partial charge >= 0.3 is 0 Å². The van der Waals surface area contributed by atoms with Crippen LogP contribution in [0.5, 0.6) is 0 Å². The minimum absolute atomic E-state index is 0.0243. The fourth-order valence-corrected chi connectivity index (χ4v) is 5.93. The molecule has 3 N–H and O–H groups in total. The Balaban J connectivity index is 0.000000321. The van der Waals surface area contributed by atoms with Crippen LogP contribution in [0.25, 0.3) is 0 Å². The van der Waals surface area contributed by atoms with Crippen molar-refractivity contribution in [2.75, 3.05) is 80.0 Å². The van der Waals surface area contributed by atoms with E-state index >= 15 is 0 Å². The number of hydrogen-bond acceptors (Lipinski definition) is 12. The molecule has 3 fully saturated rings. The first-order valence-electron chi connectivity index (χ1n) is 15.3. The summed E-state index contributed by atoms with van der Waals surface area (Å²) in [6.07, 6.45) is 5.00. The summed E-state index contributed by atoms with van der Waals surface area (Å²) in [7, 11) is 3.32. The van der Waals surface area contributed by atoms with Crippen LogP contribution in [0.15, 0.2) is 0 Å². The average molecular weight is 604 g/mol. The predicted molar refractivity (Wildman–Crippen MR) is 159 cm³/mol. The summed E-state index contributed by atoms with van der Waals surface area (Å²) < 4.78 is 15.6. The van der Waals surface area contributed by atoms with Gasteiger partial charge in [0.05, 0.1) is 63.4 Å². The molecule has 0 aromatic heterocycles. The molecule has 12 nitrogen and oxygen atoms in total. The number of rotatable bonds is 15. The molecule has 3 heterocycles. The third kappa shape index (κ3) is 13.1. The van der Waals surface area contributed by atoms with Gasteiger partial charge in [0.15, 0.2) is 0 Å². The van der Waals surface area contributed by atoms with Gasteiger partial charge in [-0.2, -0.15) is 0 Å². The molecule has 3 aliphatic rings. The Bertz CT molecular complexity index is 779. The summed E-state index contributed by atoms with van der Waals surface area (Å²) in [6.45, 7) is 12.2. The first kappa shape index (κ1) is 38.7. The SMILES string of the molecule is CC(=O)[C@H](C(C)O)N1CCCC1.COC1CCN([C@H](CO)C(C)=O)C1.COCCOCC1CCCN1[C@@H](CO)C(C)=O. The van der Waals surface area contributed by atoms with Crippen LogP contribution < -0.4 is 0 Å². The molecular formula is C30H57N3O9. The van der Waals surface area contributed by atoms with Gasteiger partial charge in [-0.25, -0.2) is 0 Å². The van der Waals surface area contributed by atoms with E-state index in [4.69, 9.17) is 19.3 Å². The number of carbonyl (C=O) groups is 3. The number of aliphatic hydroxyl groups is 3. The van der Waals surface area contributed by atoms with Gasteiger partial charge in [-0.1, -0.05) is 0 Å². The van der Waals surface area contributed by atoms with Crippen molar-refractivity contribution in [2.24, 2.45) is 0 Å². The zero-order chi connectivity index (χ0) is 31.7. The normalized spacial score (nSPS) is 24.2. The van der Waals surface area contributed by atoms with Crippen molar-refractivity contribution in [3.8, 4) is 0 Å². The molecule has 0 aromatic carbocycles. The zero-order valence-corrected chi connectivity index (χ0v) is 26.7. The van der Waals surface area contributed by atoms with Gasteiger partial charge in [-0.15, -0.1) is 0 Å². The summed E-state index contributed by atoms with van der Waals surface area (Å²) in [5.41, 5.74) is 0. The van der Waals surface area contributed by atoms with E-state index in [1.165, 1.54) is 13.8 Å². The van der Waals surface area contributed by atoms with E-state index in [0.717, 1.165) is 64.8 Å². The average Bonchev–Trinajstić information content (AvgIpc) is 3.71. The van der Waals surface area contributed by atoms with E-state index in [-0.39, 0.29) is 60.8 Å². The van der Waals surface area contributed by atoms with Crippen molar-refractivity contribution in [3.05, 3.63) is 0 Å². The van der Waals surface area contributed by atoms with Crippen molar-refractivity contribution in [1.82, 2.24) is 14.7 Å². The van der Waals surface area contributed by atoms with Crippen LogP contribution in [0.4, 0.5) is 0 Å². The van der Waals surface area contributed by atoms with E-state index < -0.39 is 6.10 Å². The van der Waals surface area contributed by atoms with Crippen LogP contribution in [-0.2, 0) is 28.6 Å². The predicted octanol–water partition coefficient (Wildman–Crippen LogP) is 0.141. The van der Waals surface area contributed by atoms with Gasteiger partial charge in [0.2, 0.25) is 0 Å². The lowest BCUT2D eigenvalue weighted by atomic mass is 10.1. The molecule has 0 bridgehead atoms. The molecule has 3 saturated heterocycles. The molecule has 246 valence electrons. The highest BCUT2D eigenvalue weighted by Gasteiger charge is 2.33. The first-order valence-corrected chi connectivity index (χ1v) is 15.3. The number of methoxy groups -OCH3 is 2. The number of hydrogen-bond donors (Lipinski definition) is 3. The molecule has 3 unspecified atom stereocenters. The fourth-order valence-electron chi connectivity index (χ4n) is 5.93. The number of likely N-dealkylation sites (tertiary alicyclic amines) is 3. The van der Waals surface area contributed by atoms with Crippen LogP contribution in [0.3, 0.4) is 0 Å². The molecule has 3 rings (SSSR count). The molecule has 42 heavy (non-hydrogen) atoms. The number of nitrogens with zero attached hydrogens (tertiary/aromatic N) is 3. The molecular weight excluding hydrogens is 546 g/mol. The van der Waals surface area contributed by atoms with Crippen LogP contribution >= 0.6 is 0 Å². The van der Waals surface area contributed by atoms with Gasteiger partial charge in [0.25, 0.3) is 0 Å². The Kier molecular flexibility index (Phi) is 19.7. The van der Waals surface area contributed by atoms with Crippen molar-refractivity contribution < 1.29 is 43.9 Å². The molecule has 0 amide bonds. The van der Waals surface area contributed by atoms with E-state index in [9.17, 15) is 24.6 Å². The lowest BCUT2D eigenvalue weighted by molar-refractivity contribution is -0.125. The lowest BCUT2D eigenvalue weighted by Gasteiger charge is -2.30. The van der Waals surface area contributed by atoms with Crippen molar-refractivity contribution in [2.45, 2.75) is 96.2 Å². The second kappa shape index (κ2) is 21.4. The Morgan fingerprint density at radius 2 is 1.43 bits per heavy atom. The highest BCUT2D eigenvalue weighted by molar-refractivity contribution is 5.82. The maximum Gasteiger partial charge on any atom is 0.149 e. The second-order valence-electron chi connectivity index (χ2n) is 11.4. The smallest absolute Gasteiger partial charge is 0.149 e. The molecule has 0 aliphatic carbocycles. The summed E-state index contributed by atoms with van der Waals surface area (Å²) in [5, 5.41) is 27.7. The Morgan fingerprint density at radius 3 is 1.88 bits per heavy atom. The standard InChI is InChI=1S/C12H23NO4.C9H17NO3.C9H17NO2/c1-10(15)12(8-14)13-5-3-4-11(13)9-17-7-6-16-2;1-7(12)9(6-11)10-4-3-8(5-10)13-2;1-7(11)9(8(2)12)10-5-3-4-6-10/h11-12,14H,3-9H2,1-2H3;8-9,11H,3-6H2,1-2H3;7,9,11H,3-6H2,1-2H3/t11?,12-;8?,9-;7?,9-/m010/s1. The van der Waals surface area contributed by atoms with Crippen molar-refractivity contribution >= 4 is 17.3 Å². The number of carbonyl (C=O) groups excluding carboxylic acids is 3. The molecule has 0 spiro atoms. The monoisotopic (exact) mass is 603 g/mol. The molecule has 0 radical (unpaired) electrons. The summed E-state index contributed by atoms with van der Waals surface area (Å²) in [6, 6.07) is -0.728. The third-order valence-corrected chi connectivity index (χ3v) is 8.21. The Labute approximate surface area is 252 Å². The molecule has 0 saturated carbocycles. The van der Waals surface area contributed by atoms with Gasteiger partial charge < -0.3 is 29.5 Å². The van der Waals surface area contributed by atoms with Crippen LogP contribution in [0.1, 0.15) is 59.8 Å². The highest BCUT2D eigenvalue weighted by Crippen LogP contribution is 2.21. The van der Waals surface area contributed by atoms with Gasteiger partial charge in [0, 0.05) is 33.4 Å². The first-order chi connectivity index (χ1) is 20.0. The maximum absolute atomic E-state index is 11.4. The largest absolute Gasteiger partial charge is 0.394 e. The van der Waals surface area contributed by atoms with Gasteiger partial charge in [0.1, 0.15) is 17.3 Å². The maximum atomic E-state index is 11.4. The molecule has 6 atom stereocenters. The van der Waals surface area contributed by atoms with E-state index in [1.54, 1.807) is 28.1 Å². The summed E-state index contributed by atoms with van der Waals surface area (Å²) in [5.74, 6) is 0.127. The number of aliphatic hydroxyl groups excluding tert-OH is 3. The molecule has 12 heteroatoms. The number of Topliss-reactive ketones (excluding diaryl/α,β-unsaturated/α-hetero) is 3. The highest BCUT2D eigenvalue weighted by atomic mass is 16.5. The van der Waals surface area contributed by atoms with Gasteiger partial charge in [-0.05, 0) is 79.4 Å². The minimum atomic E-state index is -0.541. The van der Waals surface area contributed by atoms with Crippen molar-refractivity contribution in [3.63, 3.8) is 0 Å². The van der Waals surface area contributed by atoms with Crippen molar-refractivity contribution in [1.29, 1.82) is 0 Å². The molecule has 3 aliphatic heterocycles. The topological polar surface area (TPSA) is 149 Å².